The SMILES string of the molecule is Cl.Clc1cccnc1OCC1CCNCC1. The number of hydrogen-bond donors (Lipinski definition) is 1. The molecular weight excluding hydrogens is 247 g/mol. The number of aromatic nitrogens is 1. The summed E-state index contributed by atoms with van der Waals surface area (Å²) in [4.78, 5) is 4.09. The maximum absolute atomic E-state index is 5.94. The van der Waals surface area contributed by atoms with Crippen LogP contribution in [0.15, 0.2) is 18.3 Å². The van der Waals surface area contributed by atoms with Crippen molar-refractivity contribution in [3.8, 4) is 5.88 Å². The third kappa shape index (κ3) is 3.81. The van der Waals surface area contributed by atoms with Gasteiger partial charge in [-0.2, -0.15) is 0 Å². The average molecular weight is 263 g/mol. The Morgan fingerprint density at radius 2 is 2.19 bits per heavy atom. The van der Waals surface area contributed by atoms with Crippen molar-refractivity contribution in [2.75, 3.05) is 19.7 Å². The molecule has 2 heterocycles. The lowest BCUT2D eigenvalue weighted by Crippen LogP contribution is -2.30. The molecule has 1 saturated heterocycles. The van der Waals surface area contributed by atoms with E-state index in [9.17, 15) is 0 Å². The summed E-state index contributed by atoms with van der Waals surface area (Å²) in [6, 6.07) is 3.60. The van der Waals surface area contributed by atoms with E-state index in [-0.39, 0.29) is 12.4 Å². The summed E-state index contributed by atoms with van der Waals surface area (Å²) in [5, 5.41) is 3.92. The monoisotopic (exact) mass is 262 g/mol. The van der Waals surface area contributed by atoms with Crippen LogP contribution < -0.4 is 10.1 Å². The average Bonchev–Trinajstić information content (AvgIpc) is 2.29. The molecule has 0 saturated carbocycles. The predicted octanol–water partition coefficient (Wildman–Crippen LogP) is 2.54. The lowest BCUT2D eigenvalue weighted by atomic mass is 9.99. The zero-order chi connectivity index (χ0) is 10.5. The Bertz CT molecular complexity index is 317. The number of pyridine rings is 1. The molecule has 1 N–H and O–H groups in total. The molecule has 0 amide bonds. The van der Waals surface area contributed by atoms with E-state index in [4.69, 9.17) is 16.3 Å². The van der Waals surface area contributed by atoms with Gasteiger partial charge in [0.25, 0.3) is 0 Å². The Morgan fingerprint density at radius 3 is 2.88 bits per heavy atom. The molecule has 0 unspecified atom stereocenters. The van der Waals surface area contributed by atoms with Gasteiger partial charge in [-0.3, -0.25) is 0 Å². The van der Waals surface area contributed by atoms with Crippen LogP contribution in [0, 0.1) is 5.92 Å². The van der Waals surface area contributed by atoms with Gasteiger partial charge < -0.3 is 10.1 Å². The highest BCUT2D eigenvalue weighted by Gasteiger charge is 2.14. The van der Waals surface area contributed by atoms with Crippen molar-refractivity contribution >= 4 is 24.0 Å². The maximum atomic E-state index is 5.94. The minimum atomic E-state index is 0. The first-order valence-corrected chi connectivity index (χ1v) is 5.68. The summed E-state index contributed by atoms with van der Waals surface area (Å²) in [5.41, 5.74) is 0. The predicted molar refractivity (Wildman–Crippen MR) is 67.6 cm³/mol. The van der Waals surface area contributed by atoms with Gasteiger partial charge in [0, 0.05) is 6.20 Å². The molecule has 1 aliphatic heterocycles. The molecule has 1 aliphatic rings. The van der Waals surface area contributed by atoms with Crippen molar-refractivity contribution in [1.29, 1.82) is 0 Å². The summed E-state index contributed by atoms with van der Waals surface area (Å²) in [7, 11) is 0. The molecule has 0 bridgehead atoms. The molecule has 1 fully saturated rings. The van der Waals surface area contributed by atoms with Crippen molar-refractivity contribution in [2.24, 2.45) is 5.92 Å². The number of rotatable bonds is 3. The number of halogens is 2. The fourth-order valence-corrected chi connectivity index (χ4v) is 1.90. The van der Waals surface area contributed by atoms with Crippen LogP contribution in [0.3, 0.4) is 0 Å². The van der Waals surface area contributed by atoms with Gasteiger partial charge in [0.15, 0.2) is 0 Å². The van der Waals surface area contributed by atoms with Crippen LogP contribution in [-0.4, -0.2) is 24.7 Å². The van der Waals surface area contributed by atoms with Gasteiger partial charge in [0.2, 0.25) is 5.88 Å². The molecule has 1 aromatic rings. The molecule has 0 aliphatic carbocycles. The summed E-state index contributed by atoms with van der Waals surface area (Å²) in [6.45, 7) is 2.90. The lowest BCUT2D eigenvalue weighted by molar-refractivity contribution is 0.209. The minimum absolute atomic E-state index is 0. The molecule has 1 aromatic heterocycles. The van der Waals surface area contributed by atoms with Gasteiger partial charge in [-0.05, 0) is 44.0 Å². The van der Waals surface area contributed by atoms with Crippen molar-refractivity contribution in [2.45, 2.75) is 12.8 Å². The van der Waals surface area contributed by atoms with Gasteiger partial charge >= 0.3 is 0 Å². The second kappa shape index (κ2) is 6.94. The third-order valence-corrected chi connectivity index (χ3v) is 2.93. The molecule has 5 heteroatoms. The first-order chi connectivity index (χ1) is 7.36. The highest BCUT2D eigenvalue weighted by Crippen LogP contribution is 2.21. The standard InChI is InChI=1S/C11H15ClN2O.ClH/c12-10-2-1-5-14-11(10)15-8-9-3-6-13-7-4-9;/h1-2,5,9,13H,3-4,6-8H2;1H. The topological polar surface area (TPSA) is 34.1 Å². The van der Waals surface area contributed by atoms with Crippen molar-refractivity contribution in [1.82, 2.24) is 10.3 Å². The van der Waals surface area contributed by atoms with E-state index in [0.29, 0.717) is 16.8 Å². The Kier molecular flexibility index (Phi) is 5.88. The number of nitrogens with one attached hydrogen (secondary N) is 1. The van der Waals surface area contributed by atoms with Crippen LogP contribution in [0.2, 0.25) is 5.02 Å². The van der Waals surface area contributed by atoms with E-state index in [2.05, 4.69) is 10.3 Å². The number of nitrogens with zero attached hydrogens (tertiary/aromatic N) is 1. The van der Waals surface area contributed by atoms with E-state index in [1.807, 2.05) is 0 Å². The zero-order valence-corrected chi connectivity index (χ0v) is 10.6. The number of piperidine rings is 1. The van der Waals surface area contributed by atoms with Crippen LogP contribution in [-0.2, 0) is 0 Å². The second-order valence-electron chi connectivity index (χ2n) is 3.79. The van der Waals surface area contributed by atoms with Crippen LogP contribution in [0.5, 0.6) is 5.88 Å². The van der Waals surface area contributed by atoms with Crippen LogP contribution >= 0.6 is 24.0 Å². The highest BCUT2D eigenvalue weighted by molar-refractivity contribution is 6.31. The summed E-state index contributed by atoms with van der Waals surface area (Å²) >= 11 is 5.94. The molecule has 90 valence electrons. The Labute approximate surface area is 107 Å². The Hall–Kier alpha value is -0.510. The molecule has 0 aromatic carbocycles. The zero-order valence-electron chi connectivity index (χ0n) is 8.99. The number of hydrogen-bond acceptors (Lipinski definition) is 3. The van der Waals surface area contributed by atoms with E-state index in [1.165, 1.54) is 12.8 Å². The normalized spacial score (nSPS) is 16.6. The highest BCUT2D eigenvalue weighted by atomic mass is 35.5. The second-order valence-corrected chi connectivity index (χ2v) is 4.20. The largest absolute Gasteiger partial charge is 0.476 e. The Morgan fingerprint density at radius 1 is 1.44 bits per heavy atom. The summed E-state index contributed by atoms with van der Waals surface area (Å²) < 4.78 is 5.61. The van der Waals surface area contributed by atoms with E-state index in [0.717, 1.165) is 19.7 Å². The lowest BCUT2D eigenvalue weighted by Gasteiger charge is -2.22. The summed E-state index contributed by atoms with van der Waals surface area (Å²) in [5.74, 6) is 1.18. The van der Waals surface area contributed by atoms with Crippen molar-refractivity contribution in [3.63, 3.8) is 0 Å². The molecule has 0 radical (unpaired) electrons. The molecule has 0 spiro atoms. The first-order valence-electron chi connectivity index (χ1n) is 5.30. The van der Waals surface area contributed by atoms with Crippen LogP contribution in [0.25, 0.3) is 0 Å². The molecule has 2 rings (SSSR count). The van der Waals surface area contributed by atoms with Gasteiger partial charge in [0.05, 0.1) is 6.61 Å². The van der Waals surface area contributed by atoms with E-state index < -0.39 is 0 Å². The van der Waals surface area contributed by atoms with Crippen molar-refractivity contribution < 1.29 is 4.74 Å². The van der Waals surface area contributed by atoms with Gasteiger partial charge in [-0.1, -0.05) is 11.6 Å². The fourth-order valence-electron chi connectivity index (χ4n) is 1.72. The van der Waals surface area contributed by atoms with Crippen LogP contribution in [0.4, 0.5) is 0 Å². The maximum Gasteiger partial charge on any atom is 0.232 e. The first kappa shape index (κ1) is 13.6. The summed E-state index contributed by atoms with van der Waals surface area (Å²) in [6.07, 6.45) is 4.04. The fraction of sp³-hybridized carbons (Fsp3) is 0.545. The molecule has 0 atom stereocenters. The molecule has 3 nitrogen and oxygen atoms in total. The van der Waals surface area contributed by atoms with Crippen LogP contribution in [0.1, 0.15) is 12.8 Å². The third-order valence-electron chi connectivity index (χ3n) is 2.64. The molecule has 16 heavy (non-hydrogen) atoms. The Balaban J connectivity index is 0.00000128. The van der Waals surface area contributed by atoms with E-state index in [1.54, 1.807) is 18.3 Å². The minimum Gasteiger partial charge on any atom is -0.476 e. The molecular formula is C11H16Cl2N2O. The van der Waals surface area contributed by atoms with Gasteiger partial charge in [-0.15, -0.1) is 12.4 Å². The van der Waals surface area contributed by atoms with Crippen molar-refractivity contribution in [3.05, 3.63) is 23.4 Å². The van der Waals surface area contributed by atoms with Gasteiger partial charge in [-0.25, -0.2) is 4.98 Å². The van der Waals surface area contributed by atoms with E-state index >= 15 is 0 Å². The number of ether oxygens (including phenoxy) is 1. The van der Waals surface area contributed by atoms with Gasteiger partial charge in [0.1, 0.15) is 5.02 Å². The quantitative estimate of drug-likeness (QED) is 0.909. The smallest absolute Gasteiger partial charge is 0.232 e.